The normalized spacial score (nSPS) is 11.5. The van der Waals surface area contributed by atoms with Crippen LogP contribution in [0.1, 0.15) is 36.7 Å². The minimum Gasteiger partial charge on any atom is -0.493 e. The van der Waals surface area contributed by atoms with E-state index >= 15 is 0 Å². The summed E-state index contributed by atoms with van der Waals surface area (Å²) in [7, 11) is 1.59. The van der Waals surface area contributed by atoms with Crippen molar-refractivity contribution < 1.29 is 9.47 Å². The van der Waals surface area contributed by atoms with Crippen molar-refractivity contribution in [3.63, 3.8) is 0 Å². The highest BCUT2D eigenvalue weighted by Gasteiger charge is 2.15. The van der Waals surface area contributed by atoms with E-state index in [0.717, 1.165) is 24.5 Å². The molecular weight excluding hydrogens is 642 g/mol. The minimum absolute atomic E-state index is 0.000240. The van der Waals surface area contributed by atoms with Gasteiger partial charge in [0, 0.05) is 24.9 Å². The van der Waals surface area contributed by atoms with Crippen molar-refractivity contribution in [3.05, 3.63) is 95.3 Å². The lowest BCUT2D eigenvalue weighted by atomic mass is 10.2. The molecule has 9 heteroatoms. The van der Waals surface area contributed by atoms with Crippen LogP contribution < -0.4 is 15.0 Å². The maximum Gasteiger partial charge on any atom is 0.282 e. The molecule has 0 spiro atoms. The number of nitrogens with zero attached hydrogens (tertiary/aromatic N) is 3. The molecule has 0 amide bonds. The number of methoxy groups -OCH3 is 1. The Morgan fingerprint density at radius 1 is 1.00 bits per heavy atom. The number of halogens is 3. The average molecular weight is 664 g/mol. The molecule has 0 bridgehead atoms. The van der Waals surface area contributed by atoms with Gasteiger partial charge in [-0.05, 0) is 64.0 Å². The Kier molecular flexibility index (Phi) is 8.09. The molecule has 1 heterocycles. The van der Waals surface area contributed by atoms with Crippen LogP contribution in [0.25, 0.3) is 10.9 Å². The Morgan fingerprint density at radius 3 is 2.40 bits per heavy atom. The second-order valence-electron chi connectivity index (χ2n) is 8.09. The predicted octanol–water partition coefficient (Wildman–Crippen LogP) is 7.28. The van der Waals surface area contributed by atoms with Gasteiger partial charge in [0.1, 0.15) is 12.4 Å². The Bertz CT molecular complexity index is 1470. The summed E-state index contributed by atoms with van der Waals surface area (Å²) in [5, 5.41) is 5.01. The molecule has 0 aliphatic carbocycles. The van der Waals surface area contributed by atoms with E-state index in [0.29, 0.717) is 34.8 Å². The lowest BCUT2D eigenvalue weighted by Gasteiger charge is -2.14. The number of benzene rings is 3. The van der Waals surface area contributed by atoms with Gasteiger partial charge < -0.3 is 9.47 Å². The highest BCUT2D eigenvalue weighted by atomic mass is 79.9. The molecule has 0 fully saturated rings. The molecule has 0 aliphatic rings. The Labute approximate surface area is 228 Å². The Balaban J connectivity index is 1.68. The molecule has 1 aromatic heterocycles. The van der Waals surface area contributed by atoms with E-state index in [2.05, 4.69) is 57.9 Å². The molecule has 0 N–H and O–H groups in total. The number of aromatic nitrogens is 2. The molecule has 0 aliphatic heterocycles. The fourth-order valence-corrected chi connectivity index (χ4v) is 4.49. The fourth-order valence-electron chi connectivity index (χ4n) is 3.43. The van der Waals surface area contributed by atoms with Gasteiger partial charge in [0.05, 0.1) is 24.2 Å². The number of rotatable bonds is 7. The smallest absolute Gasteiger partial charge is 0.282 e. The van der Waals surface area contributed by atoms with Crippen LogP contribution in [0.5, 0.6) is 11.5 Å². The summed E-state index contributed by atoms with van der Waals surface area (Å²) in [4.78, 5) is 17.9. The third-order valence-electron chi connectivity index (χ3n) is 5.25. The van der Waals surface area contributed by atoms with Gasteiger partial charge in [-0.25, -0.2) is 4.98 Å². The maximum atomic E-state index is 13.3. The standard InChI is InChI=1S/C26H22Br3N3O3/c1-15(2)25-31-22-9-8-19(28)11-20(22)26(33)32(25)30-13-17-10-23(34-3)24(12-21(17)29)35-14-16-4-6-18(27)7-5-16/h4-13,15H,14H2,1-3H3. The van der Waals surface area contributed by atoms with Gasteiger partial charge in [0.2, 0.25) is 0 Å². The second-order valence-corrected chi connectivity index (χ2v) is 10.8. The SMILES string of the molecule is COc1cc(C=Nn2c(C(C)C)nc3ccc(Br)cc3c2=O)c(Br)cc1OCc1ccc(Br)cc1. The van der Waals surface area contributed by atoms with Crippen LogP contribution in [0.15, 0.2) is 77.9 Å². The number of fused-ring (bicyclic) bond motifs is 1. The third-order valence-corrected chi connectivity index (χ3v) is 6.96. The minimum atomic E-state index is -0.228. The Hall–Kier alpha value is -2.49. The highest BCUT2D eigenvalue weighted by Crippen LogP contribution is 2.33. The molecule has 35 heavy (non-hydrogen) atoms. The van der Waals surface area contributed by atoms with Crippen LogP contribution in [-0.2, 0) is 6.61 Å². The van der Waals surface area contributed by atoms with Crippen LogP contribution >= 0.6 is 47.8 Å². The van der Waals surface area contributed by atoms with E-state index in [1.165, 1.54) is 4.68 Å². The van der Waals surface area contributed by atoms with Gasteiger partial charge in [0.25, 0.3) is 5.56 Å². The van der Waals surface area contributed by atoms with Crippen molar-refractivity contribution >= 4 is 64.9 Å². The lowest BCUT2D eigenvalue weighted by molar-refractivity contribution is 0.284. The van der Waals surface area contributed by atoms with E-state index in [1.54, 1.807) is 19.4 Å². The zero-order valence-electron chi connectivity index (χ0n) is 19.3. The summed E-state index contributed by atoms with van der Waals surface area (Å²) in [5.74, 6) is 1.74. The topological polar surface area (TPSA) is 65.7 Å². The first-order valence-electron chi connectivity index (χ1n) is 10.8. The van der Waals surface area contributed by atoms with Crippen molar-refractivity contribution in [2.75, 3.05) is 7.11 Å². The number of ether oxygens (including phenoxy) is 2. The zero-order valence-corrected chi connectivity index (χ0v) is 24.0. The van der Waals surface area contributed by atoms with Gasteiger partial charge in [-0.3, -0.25) is 4.79 Å². The molecule has 0 saturated carbocycles. The van der Waals surface area contributed by atoms with Crippen molar-refractivity contribution in [2.24, 2.45) is 5.10 Å². The van der Waals surface area contributed by atoms with Gasteiger partial charge >= 0.3 is 0 Å². The summed E-state index contributed by atoms with van der Waals surface area (Å²) >= 11 is 10.5. The summed E-state index contributed by atoms with van der Waals surface area (Å²) in [6.07, 6.45) is 1.61. The first-order valence-corrected chi connectivity index (χ1v) is 13.2. The summed E-state index contributed by atoms with van der Waals surface area (Å²) in [6.45, 7) is 4.36. The van der Waals surface area contributed by atoms with Crippen LogP contribution in [0.4, 0.5) is 0 Å². The molecule has 4 aromatic rings. The van der Waals surface area contributed by atoms with Gasteiger partial charge in [0.15, 0.2) is 11.5 Å². The van der Waals surface area contributed by atoms with Crippen molar-refractivity contribution in [1.82, 2.24) is 9.66 Å². The highest BCUT2D eigenvalue weighted by molar-refractivity contribution is 9.11. The molecule has 0 atom stereocenters. The molecular formula is C26H22Br3N3O3. The third kappa shape index (κ3) is 5.85. The van der Waals surface area contributed by atoms with Crippen LogP contribution in [0.2, 0.25) is 0 Å². The van der Waals surface area contributed by atoms with Crippen LogP contribution in [0, 0.1) is 0 Å². The first-order chi connectivity index (χ1) is 16.8. The number of hydrogen-bond donors (Lipinski definition) is 0. The quantitative estimate of drug-likeness (QED) is 0.195. The van der Waals surface area contributed by atoms with Crippen LogP contribution in [0.3, 0.4) is 0 Å². The molecule has 3 aromatic carbocycles. The van der Waals surface area contributed by atoms with Gasteiger partial charge in [-0.2, -0.15) is 9.78 Å². The molecule has 0 unspecified atom stereocenters. The first kappa shape index (κ1) is 25.6. The van der Waals surface area contributed by atoms with Crippen molar-refractivity contribution in [2.45, 2.75) is 26.4 Å². The predicted molar refractivity (Wildman–Crippen MR) is 150 cm³/mol. The largest absolute Gasteiger partial charge is 0.493 e. The van der Waals surface area contributed by atoms with Crippen molar-refractivity contribution in [1.29, 1.82) is 0 Å². The molecule has 4 rings (SSSR count). The fraction of sp³-hybridized carbons (Fsp3) is 0.192. The Morgan fingerprint density at radius 2 is 1.71 bits per heavy atom. The van der Waals surface area contributed by atoms with Crippen molar-refractivity contribution in [3.8, 4) is 11.5 Å². The monoisotopic (exact) mass is 661 g/mol. The van der Waals surface area contributed by atoms with E-state index in [-0.39, 0.29) is 11.5 Å². The molecule has 180 valence electrons. The van der Waals surface area contributed by atoms with Crippen LogP contribution in [-0.4, -0.2) is 23.0 Å². The molecule has 0 radical (unpaired) electrons. The average Bonchev–Trinajstić information content (AvgIpc) is 2.84. The molecule has 0 saturated heterocycles. The summed E-state index contributed by atoms with van der Waals surface area (Å²) in [6, 6.07) is 17.0. The van der Waals surface area contributed by atoms with E-state index in [4.69, 9.17) is 9.47 Å². The molecule has 6 nitrogen and oxygen atoms in total. The maximum absolute atomic E-state index is 13.3. The summed E-state index contributed by atoms with van der Waals surface area (Å²) in [5.41, 5.74) is 2.18. The van der Waals surface area contributed by atoms with E-state index < -0.39 is 0 Å². The van der Waals surface area contributed by atoms with E-state index in [1.807, 2.05) is 62.4 Å². The zero-order chi connectivity index (χ0) is 25.1. The van der Waals surface area contributed by atoms with E-state index in [9.17, 15) is 4.79 Å². The summed E-state index contributed by atoms with van der Waals surface area (Å²) < 4.78 is 15.5. The van der Waals surface area contributed by atoms with Gasteiger partial charge in [-0.15, -0.1) is 0 Å². The van der Waals surface area contributed by atoms with Gasteiger partial charge in [-0.1, -0.05) is 57.8 Å². The second kappa shape index (κ2) is 11.1. The number of hydrogen-bond acceptors (Lipinski definition) is 5. The lowest BCUT2D eigenvalue weighted by Crippen LogP contribution is -2.23.